The van der Waals surface area contributed by atoms with Crippen LogP contribution in [0.25, 0.3) is 0 Å². The number of hydrogen-bond donors (Lipinski definition) is 0. The lowest BCUT2D eigenvalue weighted by molar-refractivity contribution is -0.132. The van der Waals surface area contributed by atoms with Crippen LogP contribution in [0.4, 0.5) is 0 Å². The molecular weight excluding hydrogens is 256 g/mol. The van der Waals surface area contributed by atoms with Crippen molar-refractivity contribution in [3.8, 4) is 0 Å². The molecule has 1 amide bonds. The maximum Gasteiger partial charge on any atom is 0.236 e. The molecule has 0 radical (unpaired) electrons. The Morgan fingerprint density at radius 3 is 2.37 bits per heavy atom. The lowest BCUT2D eigenvalue weighted by atomic mass is 10.3. The van der Waals surface area contributed by atoms with Crippen LogP contribution in [-0.4, -0.2) is 42.4 Å². The van der Waals surface area contributed by atoms with Crippen LogP contribution in [0.15, 0.2) is 11.4 Å². The van der Waals surface area contributed by atoms with Crippen LogP contribution >= 0.6 is 11.3 Å². The molecule has 0 aliphatic heterocycles. The van der Waals surface area contributed by atoms with Gasteiger partial charge < -0.3 is 4.90 Å². The number of carbonyl (C=O) groups is 1. The molecule has 0 bridgehead atoms. The largest absolute Gasteiger partial charge is 0.342 e. The molecule has 0 atom stereocenters. The molecule has 0 fully saturated rings. The first-order valence-electron chi connectivity index (χ1n) is 7.07. The summed E-state index contributed by atoms with van der Waals surface area (Å²) in [6, 6.07) is 2.14. The summed E-state index contributed by atoms with van der Waals surface area (Å²) >= 11 is 1.77. The van der Waals surface area contributed by atoms with Crippen LogP contribution in [0.2, 0.25) is 0 Å². The molecule has 0 unspecified atom stereocenters. The van der Waals surface area contributed by atoms with E-state index in [1.807, 2.05) is 11.9 Å². The van der Waals surface area contributed by atoms with E-state index in [2.05, 4.69) is 37.1 Å². The molecule has 1 aromatic rings. The van der Waals surface area contributed by atoms with Gasteiger partial charge in [-0.3, -0.25) is 9.69 Å². The molecule has 1 aromatic heterocycles. The molecule has 3 nitrogen and oxygen atoms in total. The molecule has 0 aliphatic rings. The van der Waals surface area contributed by atoms with E-state index in [0.717, 1.165) is 32.5 Å². The van der Waals surface area contributed by atoms with Crippen LogP contribution in [0.1, 0.15) is 37.1 Å². The first kappa shape index (κ1) is 16.2. The van der Waals surface area contributed by atoms with Gasteiger partial charge in [0, 0.05) is 24.5 Å². The lowest BCUT2D eigenvalue weighted by Crippen LogP contribution is -2.39. The molecule has 0 spiro atoms. The highest BCUT2D eigenvalue weighted by atomic mass is 32.1. The average molecular weight is 282 g/mol. The topological polar surface area (TPSA) is 23.6 Å². The lowest BCUT2D eigenvalue weighted by Gasteiger charge is -2.24. The van der Waals surface area contributed by atoms with E-state index in [-0.39, 0.29) is 5.91 Å². The number of thiophene rings is 1. The van der Waals surface area contributed by atoms with E-state index >= 15 is 0 Å². The Kier molecular flexibility index (Phi) is 7.10. The first-order valence-corrected chi connectivity index (χ1v) is 7.95. The molecule has 0 saturated heterocycles. The van der Waals surface area contributed by atoms with Crippen LogP contribution in [0.3, 0.4) is 0 Å². The van der Waals surface area contributed by atoms with E-state index in [1.165, 1.54) is 10.4 Å². The van der Waals surface area contributed by atoms with Gasteiger partial charge in [-0.2, -0.15) is 0 Å². The molecule has 1 rings (SSSR count). The van der Waals surface area contributed by atoms with E-state index < -0.39 is 0 Å². The Balaban J connectivity index is 2.48. The summed E-state index contributed by atoms with van der Waals surface area (Å²) in [6.07, 6.45) is 2.05. The zero-order valence-electron chi connectivity index (χ0n) is 12.6. The molecule has 0 N–H and O–H groups in total. The van der Waals surface area contributed by atoms with Crippen molar-refractivity contribution in [2.75, 3.05) is 26.7 Å². The third kappa shape index (κ3) is 5.33. The van der Waals surface area contributed by atoms with Crippen LogP contribution in [-0.2, 0) is 11.3 Å². The van der Waals surface area contributed by atoms with Gasteiger partial charge in [-0.1, -0.05) is 13.8 Å². The SMILES string of the molecule is CCCN(CCC)C(=O)CN(C)Cc1sccc1C. The zero-order valence-corrected chi connectivity index (χ0v) is 13.4. The number of rotatable bonds is 8. The van der Waals surface area contributed by atoms with Crippen LogP contribution in [0, 0.1) is 6.92 Å². The van der Waals surface area contributed by atoms with Gasteiger partial charge in [0.2, 0.25) is 5.91 Å². The maximum atomic E-state index is 12.2. The van der Waals surface area contributed by atoms with Gasteiger partial charge >= 0.3 is 0 Å². The van der Waals surface area contributed by atoms with Crippen molar-refractivity contribution in [1.29, 1.82) is 0 Å². The van der Waals surface area contributed by atoms with Crippen molar-refractivity contribution in [2.24, 2.45) is 0 Å². The predicted molar refractivity (Wildman–Crippen MR) is 82.6 cm³/mol. The number of aryl methyl sites for hydroxylation is 1. The molecule has 0 aliphatic carbocycles. The molecule has 4 heteroatoms. The van der Waals surface area contributed by atoms with Crippen molar-refractivity contribution < 1.29 is 4.79 Å². The van der Waals surface area contributed by atoms with Gasteiger partial charge in [-0.25, -0.2) is 0 Å². The molecule has 0 saturated carbocycles. The predicted octanol–water partition coefficient (Wildman–Crippen LogP) is 3.14. The number of likely N-dealkylation sites (N-methyl/N-ethyl adjacent to an activating group) is 1. The Labute approximate surface area is 121 Å². The standard InChI is InChI=1S/C15H26N2OS/c1-5-8-17(9-6-2)15(18)12-16(4)11-14-13(3)7-10-19-14/h7,10H,5-6,8-9,11-12H2,1-4H3. The summed E-state index contributed by atoms with van der Waals surface area (Å²) in [5.74, 6) is 0.250. The van der Waals surface area contributed by atoms with E-state index in [9.17, 15) is 4.79 Å². The van der Waals surface area contributed by atoms with Crippen LogP contribution in [0.5, 0.6) is 0 Å². The number of hydrogen-bond acceptors (Lipinski definition) is 3. The highest BCUT2D eigenvalue weighted by Crippen LogP contribution is 2.17. The molecule has 19 heavy (non-hydrogen) atoms. The zero-order chi connectivity index (χ0) is 14.3. The minimum absolute atomic E-state index is 0.250. The monoisotopic (exact) mass is 282 g/mol. The number of carbonyl (C=O) groups excluding carboxylic acids is 1. The fraction of sp³-hybridized carbons (Fsp3) is 0.667. The van der Waals surface area contributed by atoms with E-state index in [1.54, 1.807) is 11.3 Å². The van der Waals surface area contributed by atoms with Gasteiger partial charge in [0.15, 0.2) is 0 Å². The van der Waals surface area contributed by atoms with Gasteiger partial charge in [0.25, 0.3) is 0 Å². The quantitative estimate of drug-likeness (QED) is 0.731. The molecule has 108 valence electrons. The summed E-state index contributed by atoms with van der Waals surface area (Å²) in [5, 5.41) is 2.11. The Morgan fingerprint density at radius 1 is 1.26 bits per heavy atom. The Bertz CT molecular complexity index is 383. The second-order valence-corrected chi connectivity index (χ2v) is 6.08. The number of amides is 1. The number of nitrogens with zero attached hydrogens (tertiary/aromatic N) is 2. The van der Waals surface area contributed by atoms with Gasteiger partial charge in [-0.15, -0.1) is 11.3 Å². The van der Waals surface area contributed by atoms with E-state index in [0.29, 0.717) is 6.54 Å². The van der Waals surface area contributed by atoms with E-state index in [4.69, 9.17) is 0 Å². The van der Waals surface area contributed by atoms with Crippen molar-refractivity contribution in [3.63, 3.8) is 0 Å². The third-order valence-electron chi connectivity index (χ3n) is 3.13. The molecule has 1 heterocycles. The summed E-state index contributed by atoms with van der Waals surface area (Å²) in [4.78, 5) is 17.7. The normalized spacial score (nSPS) is 11.0. The highest BCUT2D eigenvalue weighted by molar-refractivity contribution is 7.10. The van der Waals surface area contributed by atoms with Crippen LogP contribution < -0.4 is 0 Å². The van der Waals surface area contributed by atoms with Crippen molar-refractivity contribution in [2.45, 2.75) is 40.2 Å². The second kappa shape index (κ2) is 8.33. The van der Waals surface area contributed by atoms with Gasteiger partial charge in [-0.05, 0) is 43.8 Å². The summed E-state index contributed by atoms with van der Waals surface area (Å²) in [5.41, 5.74) is 1.32. The van der Waals surface area contributed by atoms with Crippen molar-refractivity contribution in [1.82, 2.24) is 9.80 Å². The Hall–Kier alpha value is -0.870. The summed E-state index contributed by atoms with van der Waals surface area (Å²) in [6.45, 7) is 9.49. The molecular formula is C15H26N2OS. The smallest absolute Gasteiger partial charge is 0.236 e. The van der Waals surface area contributed by atoms with Gasteiger partial charge in [0.05, 0.1) is 6.54 Å². The Morgan fingerprint density at radius 2 is 1.89 bits per heavy atom. The van der Waals surface area contributed by atoms with Gasteiger partial charge in [0.1, 0.15) is 0 Å². The minimum Gasteiger partial charge on any atom is -0.342 e. The third-order valence-corrected chi connectivity index (χ3v) is 4.13. The second-order valence-electron chi connectivity index (χ2n) is 5.08. The highest BCUT2D eigenvalue weighted by Gasteiger charge is 2.14. The minimum atomic E-state index is 0.250. The first-order chi connectivity index (χ1) is 9.08. The fourth-order valence-corrected chi connectivity index (χ4v) is 3.08. The average Bonchev–Trinajstić information content (AvgIpc) is 2.74. The van der Waals surface area contributed by atoms with Crippen molar-refractivity contribution in [3.05, 3.63) is 21.9 Å². The fourth-order valence-electron chi connectivity index (χ4n) is 2.10. The maximum absolute atomic E-state index is 12.2. The molecule has 0 aromatic carbocycles. The summed E-state index contributed by atoms with van der Waals surface area (Å²) < 4.78 is 0. The summed E-state index contributed by atoms with van der Waals surface area (Å²) in [7, 11) is 2.02. The van der Waals surface area contributed by atoms with Crippen molar-refractivity contribution >= 4 is 17.2 Å².